The van der Waals surface area contributed by atoms with E-state index in [1.807, 2.05) is 36.7 Å². The molecule has 2 aliphatic heterocycles. The van der Waals surface area contributed by atoms with Crippen molar-refractivity contribution >= 4 is 50.5 Å². The van der Waals surface area contributed by atoms with Gasteiger partial charge < -0.3 is 15.0 Å². The molecule has 0 saturated heterocycles. The number of hydrogen-bond acceptors (Lipinski definition) is 4. The van der Waals surface area contributed by atoms with E-state index in [2.05, 4.69) is 223 Å². The van der Waals surface area contributed by atoms with Gasteiger partial charge in [-0.15, -0.1) is 0 Å². The molecule has 4 heteroatoms. The van der Waals surface area contributed by atoms with Crippen LogP contribution in [0.4, 0.5) is 22.7 Å². The van der Waals surface area contributed by atoms with Crippen molar-refractivity contribution in [3.63, 3.8) is 0 Å². The molecule has 314 valence electrons. The fourth-order valence-corrected chi connectivity index (χ4v) is 8.91. The lowest BCUT2D eigenvalue weighted by Gasteiger charge is -2.26. The zero-order valence-electron chi connectivity index (χ0n) is 36.3. The summed E-state index contributed by atoms with van der Waals surface area (Å²) in [6.07, 6.45) is 19.0. The van der Waals surface area contributed by atoms with Crippen LogP contribution in [-0.2, 0) is 4.74 Å². The molecule has 8 aromatic carbocycles. The van der Waals surface area contributed by atoms with Gasteiger partial charge in [0.15, 0.2) is 0 Å². The fraction of sp³-hybridized carbons (Fsp3) is 0.0161. The van der Waals surface area contributed by atoms with Gasteiger partial charge in [-0.25, -0.2) is 0 Å². The molecule has 11 rings (SSSR count). The minimum absolute atomic E-state index is 0.592. The van der Waals surface area contributed by atoms with Crippen molar-refractivity contribution in [2.45, 2.75) is 6.42 Å². The molecule has 9 aromatic rings. The minimum Gasteiger partial charge on any atom is -0.458 e. The van der Waals surface area contributed by atoms with E-state index in [-0.39, 0.29) is 0 Å². The van der Waals surface area contributed by atoms with E-state index in [0.717, 1.165) is 101 Å². The maximum Gasteiger partial charge on any atom is 0.130 e. The SMILES string of the molecule is C=C1/C=C\C=C/CC2=C(/C=C\c3ccccc3-c3cc(-c4cccc(-c5ccc(N(c6ccc7ccccc7c6)c6ccc7cc(-c8ccccc8)cnc7c6)cc5)c4)ccc3N\C=C\2)O1. The highest BCUT2D eigenvalue weighted by atomic mass is 16.5. The normalized spacial score (nSPS) is 16.4. The number of ether oxygens (including phenoxy) is 1. The maximum absolute atomic E-state index is 6.25. The van der Waals surface area contributed by atoms with Crippen molar-refractivity contribution in [2.24, 2.45) is 0 Å². The summed E-state index contributed by atoms with van der Waals surface area (Å²) in [4.78, 5) is 7.28. The van der Waals surface area contributed by atoms with Gasteiger partial charge in [0.1, 0.15) is 11.5 Å². The molecule has 1 N–H and O–H groups in total. The van der Waals surface area contributed by atoms with Gasteiger partial charge in [0.2, 0.25) is 0 Å². The fourth-order valence-electron chi connectivity index (χ4n) is 8.91. The van der Waals surface area contributed by atoms with Crippen molar-refractivity contribution in [3.8, 4) is 44.5 Å². The van der Waals surface area contributed by atoms with Crippen LogP contribution in [0, 0.1) is 0 Å². The molecule has 0 saturated carbocycles. The summed E-state index contributed by atoms with van der Waals surface area (Å²) in [5, 5.41) is 7.11. The minimum atomic E-state index is 0.592. The zero-order chi connectivity index (χ0) is 44.2. The Hall–Kier alpha value is -8.73. The number of benzene rings is 8. The second-order valence-electron chi connectivity index (χ2n) is 16.6. The second-order valence-corrected chi connectivity index (χ2v) is 16.6. The van der Waals surface area contributed by atoms with Crippen LogP contribution in [0.1, 0.15) is 12.0 Å². The monoisotopic (exact) mass is 847 g/mol. The Morgan fingerprint density at radius 1 is 0.485 bits per heavy atom. The van der Waals surface area contributed by atoms with Crippen molar-refractivity contribution in [2.75, 3.05) is 10.2 Å². The van der Waals surface area contributed by atoms with Gasteiger partial charge in [0.25, 0.3) is 0 Å². The van der Waals surface area contributed by atoms with Crippen LogP contribution < -0.4 is 10.2 Å². The largest absolute Gasteiger partial charge is 0.458 e. The average Bonchev–Trinajstić information content (AvgIpc) is 3.44. The molecule has 0 bridgehead atoms. The molecule has 3 heterocycles. The third-order valence-corrected chi connectivity index (χ3v) is 12.3. The van der Waals surface area contributed by atoms with E-state index in [0.29, 0.717) is 5.76 Å². The molecular formula is C62H45N3O. The van der Waals surface area contributed by atoms with Gasteiger partial charge in [-0.2, -0.15) is 0 Å². The van der Waals surface area contributed by atoms with Crippen molar-refractivity contribution in [1.82, 2.24) is 4.98 Å². The molecule has 2 aliphatic rings. The summed E-state index contributed by atoms with van der Waals surface area (Å²) in [7, 11) is 0. The Balaban J connectivity index is 0.927. The number of nitrogens with one attached hydrogen (secondary N) is 1. The van der Waals surface area contributed by atoms with Crippen molar-refractivity contribution < 1.29 is 4.74 Å². The quantitative estimate of drug-likeness (QED) is 0.181. The topological polar surface area (TPSA) is 37.4 Å². The van der Waals surface area contributed by atoms with Gasteiger partial charge in [-0.05, 0) is 141 Å². The molecule has 1 aromatic heterocycles. The Labute approximate surface area is 385 Å². The van der Waals surface area contributed by atoms with Gasteiger partial charge >= 0.3 is 0 Å². The molecule has 66 heavy (non-hydrogen) atoms. The first kappa shape index (κ1) is 40.1. The van der Waals surface area contributed by atoms with Crippen LogP contribution in [0.15, 0.2) is 261 Å². The lowest BCUT2D eigenvalue weighted by molar-refractivity contribution is 0.334. The Bertz CT molecular complexity index is 3460. The van der Waals surface area contributed by atoms with E-state index in [4.69, 9.17) is 9.72 Å². The number of allylic oxidation sites excluding steroid dienone is 7. The summed E-state index contributed by atoms with van der Waals surface area (Å²) in [6, 6.07) is 67.4. The van der Waals surface area contributed by atoms with E-state index in [1.54, 1.807) is 0 Å². The van der Waals surface area contributed by atoms with E-state index in [9.17, 15) is 0 Å². The van der Waals surface area contributed by atoms with Gasteiger partial charge in [0, 0.05) is 51.7 Å². The number of pyridine rings is 1. The lowest BCUT2D eigenvalue weighted by Crippen LogP contribution is -2.10. The molecule has 0 fully saturated rings. The molecule has 0 aliphatic carbocycles. The summed E-state index contributed by atoms with van der Waals surface area (Å²) >= 11 is 0. The summed E-state index contributed by atoms with van der Waals surface area (Å²) in [5.74, 6) is 1.36. The molecule has 0 amide bonds. The maximum atomic E-state index is 6.25. The van der Waals surface area contributed by atoms with E-state index in [1.165, 1.54) is 10.8 Å². The number of fused-ring (bicyclic) bond motifs is 5. The molecule has 0 radical (unpaired) electrons. The summed E-state index contributed by atoms with van der Waals surface area (Å²) < 4.78 is 6.25. The Morgan fingerprint density at radius 3 is 2.06 bits per heavy atom. The molecule has 0 unspecified atom stereocenters. The van der Waals surface area contributed by atoms with Crippen molar-refractivity contribution in [1.29, 1.82) is 0 Å². The first-order valence-corrected chi connectivity index (χ1v) is 22.3. The predicted molar refractivity (Wildman–Crippen MR) is 278 cm³/mol. The highest BCUT2D eigenvalue weighted by Crippen LogP contribution is 2.40. The predicted octanol–water partition coefficient (Wildman–Crippen LogP) is 16.8. The van der Waals surface area contributed by atoms with Gasteiger partial charge in [0.05, 0.1) is 5.52 Å². The van der Waals surface area contributed by atoms with E-state index < -0.39 is 0 Å². The lowest BCUT2D eigenvalue weighted by atomic mass is 9.93. The van der Waals surface area contributed by atoms with Crippen molar-refractivity contribution in [3.05, 3.63) is 266 Å². The smallest absolute Gasteiger partial charge is 0.130 e. The van der Waals surface area contributed by atoms with Crippen LogP contribution >= 0.6 is 0 Å². The Kier molecular flexibility index (Phi) is 10.8. The Morgan fingerprint density at radius 2 is 1.18 bits per heavy atom. The van der Waals surface area contributed by atoms with Crippen LogP contribution in [0.3, 0.4) is 0 Å². The molecular weight excluding hydrogens is 803 g/mol. The first-order valence-electron chi connectivity index (χ1n) is 22.3. The van der Waals surface area contributed by atoms with Gasteiger partial charge in [-0.3, -0.25) is 4.98 Å². The van der Waals surface area contributed by atoms with Crippen LogP contribution in [0.25, 0.3) is 72.3 Å². The molecule has 0 spiro atoms. The standard InChI is InChI=1S/C62H45N3O/c1-43-13-4-2-7-18-48-35-36-63-60-33-27-52(40-59(60)58-22-11-10-17-47(58)28-34-62(48)66-43)50-21-12-20-49(37-50)46-23-29-55(30-24-46)65(56-31-25-45-16-8-9-19-51(45)39-56)57-32-26-53-38-54(42-64-61(53)41-57)44-14-5-3-6-15-44/h2-17,19-42,63H,1,18H2/b7-2-,13-4-,34-28-,36-35+,62-48+. The third kappa shape index (κ3) is 8.27. The highest BCUT2D eigenvalue weighted by Gasteiger charge is 2.17. The third-order valence-electron chi connectivity index (χ3n) is 12.3. The number of hydrogen-bond donors (Lipinski definition) is 1. The number of aromatic nitrogens is 1. The highest BCUT2D eigenvalue weighted by molar-refractivity contribution is 5.93. The summed E-state index contributed by atoms with van der Waals surface area (Å²) in [6.45, 7) is 4.11. The second kappa shape index (κ2) is 17.8. The average molecular weight is 848 g/mol. The number of nitrogens with zero attached hydrogens (tertiary/aromatic N) is 2. The number of rotatable bonds is 6. The van der Waals surface area contributed by atoms with Crippen LogP contribution in [0.2, 0.25) is 0 Å². The van der Waals surface area contributed by atoms with Gasteiger partial charge in [-0.1, -0.05) is 158 Å². The first-order chi connectivity index (χ1) is 32.6. The van der Waals surface area contributed by atoms with Crippen LogP contribution in [0.5, 0.6) is 0 Å². The summed E-state index contributed by atoms with van der Waals surface area (Å²) in [5.41, 5.74) is 16.3. The van der Waals surface area contributed by atoms with E-state index >= 15 is 0 Å². The molecule has 4 nitrogen and oxygen atoms in total. The zero-order valence-corrected chi connectivity index (χ0v) is 36.3. The number of anilines is 4. The van der Waals surface area contributed by atoms with Crippen LogP contribution in [-0.4, -0.2) is 4.98 Å². The molecule has 0 atom stereocenters.